The summed E-state index contributed by atoms with van der Waals surface area (Å²) in [5.74, 6) is 2.98. The lowest BCUT2D eigenvalue weighted by Crippen LogP contribution is -2.20. The third-order valence-corrected chi connectivity index (χ3v) is 4.62. The first-order valence-electron chi connectivity index (χ1n) is 7.32. The molecule has 1 saturated heterocycles. The molecule has 1 aliphatic heterocycles. The summed E-state index contributed by atoms with van der Waals surface area (Å²) in [6.45, 7) is 8.41. The van der Waals surface area contributed by atoms with Gasteiger partial charge < -0.3 is 5.32 Å². The van der Waals surface area contributed by atoms with Crippen LogP contribution in [0.3, 0.4) is 0 Å². The number of nitrogens with one attached hydrogen (secondary N) is 1. The first-order valence-corrected chi connectivity index (χ1v) is 8.37. The van der Waals surface area contributed by atoms with Crippen LogP contribution in [0.4, 0.5) is 0 Å². The fourth-order valence-electron chi connectivity index (χ4n) is 2.33. The van der Waals surface area contributed by atoms with Crippen molar-refractivity contribution in [2.75, 3.05) is 12.3 Å². The van der Waals surface area contributed by atoms with Gasteiger partial charge in [-0.1, -0.05) is 20.3 Å². The van der Waals surface area contributed by atoms with Crippen molar-refractivity contribution in [1.29, 1.82) is 0 Å². The minimum atomic E-state index is 0.512. The van der Waals surface area contributed by atoms with Gasteiger partial charge >= 0.3 is 0 Å². The van der Waals surface area contributed by atoms with E-state index in [1.807, 2.05) is 11.8 Å². The lowest BCUT2D eigenvalue weighted by Gasteiger charge is -2.20. The van der Waals surface area contributed by atoms with E-state index in [-0.39, 0.29) is 0 Å². The van der Waals surface area contributed by atoms with Gasteiger partial charge in [0.2, 0.25) is 0 Å². The smallest absolute Gasteiger partial charge is 0.141 e. The van der Waals surface area contributed by atoms with Gasteiger partial charge in [-0.25, -0.2) is 9.97 Å². The molecule has 4 heteroatoms. The predicted molar refractivity (Wildman–Crippen MR) is 82.4 cm³/mol. The molecule has 0 saturated carbocycles. The molecule has 0 aliphatic carbocycles. The van der Waals surface area contributed by atoms with Crippen molar-refractivity contribution in [2.45, 2.75) is 51.8 Å². The van der Waals surface area contributed by atoms with Crippen LogP contribution in [-0.2, 0) is 6.54 Å². The van der Waals surface area contributed by atoms with Crippen LogP contribution in [0.1, 0.15) is 55.6 Å². The van der Waals surface area contributed by atoms with E-state index in [4.69, 9.17) is 4.98 Å². The second-order valence-corrected chi connectivity index (χ2v) is 7.05. The summed E-state index contributed by atoms with van der Waals surface area (Å²) in [6.07, 6.45) is 3.89. The maximum Gasteiger partial charge on any atom is 0.141 e. The molecule has 3 nitrogen and oxygen atoms in total. The van der Waals surface area contributed by atoms with Crippen LogP contribution in [0, 0.1) is 12.8 Å². The number of hydrogen-bond acceptors (Lipinski definition) is 4. The summed E-state index contributed by atoms with van der Waals surface area (Å²) in [6, 6.07) is 2.10. The van der Waals surface area contributed by atoms with Gasteiger partial charge in [-0.2, -0.15) is 11.8 Å². The Morgan fingerprint density at radius 3 is 2.89 bits per heavy atom. The van der Waals surface area contributed by atoms with Crippen LogP contribution in [0.2, 0.25) is 0 Å². The Hall–Kier alpha value is -0.610. The highest BCUT2D eigenvalue weighted by Gasteiger charge is 2.19. The fraction of sp³-hybridized carbons (Fsp3) is 0.733. The number of hydrogen-bond donors (Lipinski definition) is 1. The average Bonchev–Trinajstić information content (AvgIpc) is 2.39. The number of nitrogens with zero attached hydrogens (tertiary/aromatic N) is 2. The predicted octanol–water partition coefficient (Wildman–Crippen LogP) is 3.49. The number of rotatable bonds is 5. The highest BCUT2D eigenvalue weighted by Crippen LogP contribution is 2.36. The SMILES string of the molecule is Cc1cc(CNCC(C)C)nc(C2CCCCS2)n1. The Balaban J connectivity index is 2.01. The summed E-state index contributed by atoms with van der Waals surface area (Å²) in [4.78, 5) is 9.40. The molecule has 2 heterocycles. The Bertz CT molecular complexity index is 400. The van der Waals surface area contributed by atoms with Gasteiger partial charge in [0, 0.05) is 12.2 Å². The van der Waals surface area contributed by atoms with Crippen molar-refractivity contribution in [1.82, 2.24) is 15.3 Å². The van der Waals surface area contributed by atoms with Gasteiger partial charge in [0.25, 0.3) is 0 Å². The van der Waals surface area contributed by atoms with Gasteiger partial charge in [0.1, 0.15) is 5.82 Å². The summed E-state index contributed by atoms with van der Waals surface area (Å²) in [5, 5.41) is 3.97. The van der Waals surface area contributed by atoms with Crippen LogP contribution in [0.15, 0.2) is 6.07 Å². The molecule has 0 spiro atoms. The van der Waals surface area contributed by atoms with Crippen LogP contribution in [-0.4, -0.2) is 22.3 Å². The Kier molecular flexibility index (Phi) is 5.64. The second kappa shape index (κ2) is 7.25. The first kappa shape index (κ1) is 14.8. The highest BCUT2D eigenvalue weighted by molar-refractivity contribution is 7.99. The zero-order valence-electron chi connectivity index (χ0n) is 12.3. The van der Waals surface area contributed by atoms with Crippen molar-refractivity contribution in [3.63, 3.8) is 0 Å². The van der Waals surface area contributed by atoms with Crippen molar-refractivity contribution in [2.24, 2.45) is 5.92 Å². The third kappa shape index (κ3) is 4.77. The highest BCUT2D eigenvalue weighted by atomic mass is 32.2. The molecule has 1 atom stereocenters. The molecule has 2 rings (SSSR count). The maximum absolute atomic E-state index is 4.76. The van der Waals surface area contributed by atoms with Crippen molar-refractivity contribution in [3.05, 3.63) is 23.3 Å². The van der Waals surface area contributed by atoms with E-state index in [2.05, 4.69) is 37.1 Å². The molecule has 1 N–H and O–H groups in total. The second-order valence-electron chi connectivity index (χ2n) is 5.74. The summed E-state index contributed by atoms with van der Waals surface area (Å²) >= 11 is 2.02. The summed E-state index contributed by atoms with van der Waals surface area (Å²) < 4.78 is 0. The normalized spacial score (nSPS) is 19.9. The van der Waals surface area contributed by atoms with Gasteiger partial charge in [0.15, 0.2) is 0 Å². The van der Waals surface area contributed by atoms with E-state index >= 15 is 0 Å². The van der Waals surface area contributed by atoms with Crippen molar-refractivity contribution < 1.29 is 0 Å². The quantitative estimate of drug-likeness (QED) is 0.895. The molecule has 0 radical (unpaired) electrons. The largest absolute Gasteiger partial charge is 0.311 e. The Labute approximate surface area is 121 Å². The van der Waals surface area contributed by atoms with E-state index in [9.17, 15) is 0 Å². The van der Waals surface area contributed by atoms with Crippen molar-refractivity contribution >= 4 is 11.8 Å². The number of thioether (sulfide) groups is 1. The Morgan fingerprint density at radius 1 is 1.37 bits per heavy atom. The van der Waals surface area contributed by atoms with Crippen LogP contribution in [0.25, 0.3) is 0 Å². The standard InChI is InChI=1S/C15H25N3S/c1-11(2)9-16-10-13-8-12(3)17-15(18-13)14-6-4-5-7-19-14/h8,11,14,16H,4-7,9-10H2,1-3H3. The molecule has 1 unspecified atom stereocenters. The molecule has 0 bridgehead atoms. The maximum atomic E-state index is 4.76. The molecule has 106 valence electrons. The lowest BCUT2D eigenvalue weighted by atomic mass is 10.1. The van der Waals surface area contributed by atoms with Crippen LogP contribution < -0.4 is 5.32 Å². The molecule has 1 aromatic heterocycles. The molecular formula is C15H25N3S. The number of aromatic nitrogens is 2. The van der Waals surface area contributed by atoms with E-state index in [0.29, 0.717) is 11.2 Å². The van der Waals surface area contributed by atoms with E-state index in [1.54, 1.807) is 0 Å². The zero-order valence-corrected chi connectivity index (χ0v) is 13.1. The van der Waals surface area contributed by atoms with Crippen molar-refractivity contribution in [3.8, 4) is 0 Å². The zero-order chi connectivity index (χ0) is 13.7. The minimum absolute atomic E-state index is 0.512. The number of aryl methyl sites for hydroxylation is 1. The van der Waals surface area contributed by atoms with Gasteiger partial charge in [0.05, 0.1) is 10.9 Å². The fourth-order valence-corrected chi connectivity index (χ4v) is 3.57. The minimum Gasteiger partial charge on any atom is -0.311 e. The van der Waals surface area contributed by atoms with Gasteiger partial charge in [-0.05, 0) is 44.0 Å². The lowest BCUT2D eigenvalue weighted by molar-refractivity contribution is 0.545. The monoisotopic (exact) mass is 279 g/mol. The summed E-state index contributed by atoms with van der Waals surface area (Å²) in [7, 11) is 0. The molecular weight excluding hydrogens is 254 g/mol. The van der Waals surface area contributed by atoms with E-state index < -0.39 is 0 Å². The van der Waals surface area contributed by atoms with Gasteiger partial charge in [-0.3, -0.25) is 0 Å². The molecule has 19 heavy (non-hydrogen) atoms. The van der Waals surface area contributed by atoms with Gasteiger partial charge in [-0.15, -0.1) is 0 Å². The molecule has 0 aromatic carbocycles. The van der Waals surface area contributed by atoms with Crippen LogP contribution in [0.5, 0.6) is 0 Å². The van der Waals surface area contributed by atoms with E-state index in [1.165, 1.54) is 25.0 Å². The molecule has 1 fully saturated rings. The average molecular weight is 279 g/mol. The Morgan fingerprint density at radius 2 is 2.21 bits per heavy atom. The molecule has 1 aromatic rings. The van der Waals surface area contributed by atoms with E-state index in [0.717, 1.165) is 30.3 Å². The molecule has 1 aliphatic rings. The summed E-state index contributed by atoms with van der Waals surface area (Å²) in [5.41, 5.74) is 2.23. The topological polar surface area (TPSA) is 37.8 Å². The van der Waals surface area contributed by atoms with Crippen LogP contribution >= 0.6 is 11.8 Å². The first-order chi connectivity index (χ1) is 9.15. The third-order valence-electron chi connectivity index (χ3n) is 3.25. The molecule has 0 amide bonds.